The molecule has 2 rings (SSSR count). The van der Waals surface area contributed by atoms with E-state index in [1.165, 1.54) is 51.4 Å². The number of allylic oxidation sites excluding steroid dienone is 2. The van der Waals surface area contributed by atoms with Gasteiger partial charge in [-0.05, 0) is 69.3 Å². The zero-order valence-electron chi connectivity index (χ0n) is 16.0. The minimum Gasteiger partial charge on any atom is -0.289 e. The number of halogens is 3. The van der Waals surface area contributed by atoms with E-state index in [9.17, 15) is 13.2 Å². The van der Waals surface area contributed by atoms with E-state index in [0.29, 0.717) is 31.6 Å². The van der Waals surface area contributed by atoms with Gasteiger partial charge in [-0.15, -0.1) is 13.2 Å². The first-order valence-electron chi connectivity index (χ1n) is 10.4. The van der Waals surface area contributed by atoms with E-state index in [1.807, 2.05) is 6.08 Å². The summed E-state index contributed by atoms with van der Waals surface area (Å²) in [6, 6.07) is 0. The molecular formula is C22H33F3O. The Hall–Kier alpha value is -0.950. The van der Waals surface area contributed by atoms with Crippen molar-refractivity contribution < 1.29 is 17.9 Å². The van der Waals surface area contributed by atoms with Gasteiger partial charge in [0.15, 0.2) is 0 Å². The molecule has 0 atom stereocenters. The van der Waals surface area contributed by atoms with Crippen LogP contribution in [0.25, 0.3) is 0 Å². The van der Waals surface area contributed by atoms with Gasteiger partial charge in [0, 0.05) is 5.92 Å². The summed E-state index contributed by atoms with van der Waals surface area (Å²) in [5.41, 5.74) is 0. The van der Waals surface area contributed by atoms with Crippen molar-refractivity contribution in [2.24, 2.45) is 17.8 Å². The summed E-state index contributed by atoms with van der Waals surface area (Å²) in [5, 5.41) is 0. The SMILES string of the molecule is CCCCCC1CCC(/C=C/C#CC2CCC(OC(F)(F)F)CC2)CC1. The van der Waals surface area contributed by atoms with Gasteiger partial charge >= 0.3 is 6.36 Å². The van der Waals surface area contributed by atoms with Crippen LogP contribution < -0.4 is 0 Å². The van der Waals surface area contributed by atoms with E-state index in [0.717, 1.165) is 5.92 Å². The van der Waals surface area contributed by atoms with Crippen LogP contribution >= 0.6 is 0 Å². The molecule has 0 saturated heterocycles. The largest absolute Gasteiger partial charge is 0.522 e. The lowest BCUT2D eigenvalue weighted by molar-refractivity contribution is -0.345. The maximum absolute atomic E-state index is 12.2. The van der Waals surface area contributed by atoms with Gasteiger partial charge in [-0.1, -0.05) is 50.5 Å². The Morgan fingerprint density at radius 1 is 0.962 bits per heavy atom. The first-order chi connectivity index (χ1) is 12.5. The molecule has 0 heterocycles. The van der Waals surface area contributed by atoms with Crippen molar-refractivity contribution in [3.05, 3.63) is 12.2 Å². The van der Waals surface area contributed by atoms with Gasteiger partial charge in [0.2, 0.25) is 0 Å². The number of hydrogen-bond acceptors (Lipinski definition) is 1. The third-order valence-corrected chi connectivity index (χ3v) is 5.82. The van der Waals surface area contributed by atoms with Crippen LogP contribution in [0.2, 0.25) is 0 Å². The molecule has 0 aromatic carbocycles. The second kappa shape index (κ2) is 11.0. The molecule has 2 aliphatic rings. The Labute approximate surface area is 156 Å². The molecule has 0 N–H and O–H groups in total. The quantitative estimate of drug-likeness (QED) is 0.360. The molecule has 4 heteroatoms. The Morgan fingerprint density at radius 2 is 1.65 bits per heavy atom. The third kappa shape index (κ3) is 8.62. The van der Waals surface area contributed by atoms with Crippen molar-refractivity contribution in [3.63, 3.8) is 0 Å². The molecule has 2 saturated carbocycles. The predicted molar refractivity (Wildman–Crippen MR) is 99.4 cm³/mol. The summed E-state index contributed by atoms with van der Waals surface area (Å²) < 4.78 is 40.7. The number of alkyl halides is 3. The highest BCUT2D eigenvalue weighted by Crippen LogP contribution is 2.33. The highest BCUT2D eigenvalue weighted by molar-refractivity contribution is 5.18. The molecule has 2 fully saturated rings. The maximum atomic E-state index is 12.2. The molecule has 148 valence electrons. The van der Waals surface area contributed by atoms with E-state index in [2.05, 4.69) is 29.6 Å². The lowest BCUT2D eigenvalue weighted by Crippen LogP contribution is -2.27. The fraction of sp³-hybridized carbons (Fsp3) is 0.818. The minimum atomic E-state index is -4.51. The minimum absolute atomic E-state index is 0.210. The second-order valence-corrected chi connectivity index (χ2v) is 7.96. The summed E-state index contributed by atoms with van der Waals surface area (Å²) in [6.07, 6.45) is 12.0. The maximum Gasteiger partial charge on any atom is 0.522 e. The first kappa shape index (κ1) is 21.4. The van der Waals surface area contributed by atoms with Crippen LogP contribution in [0.5, 0.6) is 0 Å². The van der Waals surface area contributed by atoms with Gasteiger partial charge in [0.05, 0.1) is 6.10 Å². The molecule has 0 amide bonds. The van der Waals surface area contributed by atoms with Crippen molar-refractivity contribution in [1.29, 1.82) is 0 Å². The van der Waals surface area contributed by atoms with Crippen molar-refractivity contribution in [2.75, 3.05) is 0 Å². The van der Waals surface area contributed by atoms with Crippen LogP contribution in [-0.4, -0.2) is 12.5 Å². The van der Waals surface area contributed by atoms with E-state index >= 15 is 0 Å². The predicted octanol–water partition coefficient (Wildman–Crippen LogP) is 7.03. The van der Waals surface area contributed by atoms with Gasteiger partial charge in [-0.3, -0.25) is 4.74 Å². The average Bonchev–Trinajstić information content (AvgIpc) is 2.60. The van der Waals surface area contributed by atoms with Crippen LogP contribution in [0.3, 0.4) is 0 Å². The monoisotopic (exact) mass is 370 g/mol. The number of rotatable bonds is 6. The van der Waals surface area contributed by atoms with Gasteiger partial charge < -0.3 is 0 Å². The Morgan fingerprint density at radius 3 is 2.27 bits per heavy atom. The Bertz CT molecular complexity index is 470. The van der Waals surface area contributed by atoms with E-state index < -0.39 is 12.5 Å². The number of unbranched alkanes of at least 4 members (excludes halogenated alkanes) is 2. The Balaban J connectivity index is 1.62. The van der Waals surface area contributed by atoms with Gasteiger partial charge in [-0.2, -0.15) is 0 Å². The van der Waals surface area contributed by atoms with E-state index in [-0.39, 0.29) is 5.92 Å². The molecule has 0 aliphatic heterocycles. The van der Waals surface area contributed by atoms with Crippen LogP contribution in [-0.2, 0) is 4.74 Å². The smallest absolute Gasteiger partial charge is 0.289 e. The summed E-state index contributed by atoms with van der Waals surface area (Å²) in [4.78, 5) is 0. The highest BCUT2D eigenvalue weighted by atomic mass is 19.4. The zero-order valence-corrected chi connectivity index (χ0v) is 16.0. The summed E-state index contributed by atoms with van der Waals surface area (Å²) >= 11 is 0. The fourth-order valence-electron chi connectivity index (χ4n) is 4.22. The standard InChI is InChI=1S/C22H33F3O/c1-2-3-4-7-18-10-12-19(13-11-18)8-5-6-9-20-14-16-21(17-15-20)26-22(23,24)25/h5,8,18-21H,2-4,7,10-17H2,1H3/b8-5+. The van der Waals surface area contributed by atoms with Gasteiger partial charge in [0.25, 0.3) is 0 Å². The topological polar surface area (TPSA) is 9.23 Å². The van der Waals surface area contributed by atoms with Crippen molar-refractivity contribution in [3.8, 4) is 11.8 Å². The molecular weight excluding hydrogens is 337 g/mol. The summed E-state index contributed by atoms with van der Waals surface area (Å²) in [6.45, 7) is 2.25. The van der Waals surface area contributed by atoms with Crippen LogP contribution in [0.15, 0.2) is 12.2 Å². The molecule has 1 nitrogen and oxygen atoms in total. The fourth-order valence-corrected chi connectivity index (χ4v) is 4.22. The Kier molecular flexibility index (Phi) is 9.05. The molecule has 0 spiro atoms. The third-order valence-electron chi connectivity index (χ3n) is 5.82. The lowest BCUT2D eigenvalue weighted by atomic mass is 9.79. The molecule has 0 radical (unpaired) electrons. The molecule has 26 heavy (non-hydrogen) atoms. The van der Waals surface area contributed by atoms with Crippen LogP contribution in [0.4, 0.5) is 13.2 Å². The van der Waals surface area contributed by atoms with Gasteiger partial charge in [-0.25, -0.2) is 0 Å². The molecule has 0 aromatic rings. The average molecular weight is 370 g/mol. The first-order valence-corrected chi connectivity index (χ1v) is 10.4. The van der Waals surface area contributed by atoms with E-state index in [4.69, 9.17) is 0 Å². The number of ether oxygens (including phenoxy) is 1. The highest BCUT2D eigenvalue weighted by Gasteiger charge is 2.35. The van der Waals surface area contributed by atoms with E-state index in [1.54, 1.807) is 0 Å². The molecule has 0 bridgehead atoms. The summed E-state index contributed by atoms with van der Waals surface area (Å²) in [5.74, 6) is 8.13. The van der Waals surface area contributed by atoms with Crippen molar-refractivity contribution in [2.45, 2.75) is 96.4 Å². The van der Waals surface area contributed by atoms with Gasteiger partial charge in [0.1, 0.15) is 0 Å². The normalized spacial score (nSPS) is 30.2. The molecule has 0 unspecified atom stereocenters. The van der Waals surface area contributed by atoms with Crippen LogP contribution in [0, 0.1) is 29.6 Å². The summed E-state index contributed by atoms with van der Waals surface area (Å²) in [7, 11) is 0. The van der Waals surface area contributed by atoms with Crippen molar-refractivity contribution in [1.82, 2.24) is 0 Å². The zero-order chi connectivity index (χ0) is 18.8. The molecule has 2 aliphatic carbocycles. The second-order valence-electron chi connectivity index (χ2n) is 7.96. The lowest BCUT2D eigenvalue weighted by Gasteiger charge is -2.26. The molecule has 0 aromatic heterocycles. The number of hydrogen-bond donors (Lipinski definition) is 0. The van der Waals surface area contributed by atoms with Crippen LogP contribution in [0.1, 0.15) is 84.0 Å². The van der Waals surface area contributed by atoms with Crippen molar-refractivity contribution >= 4 is 0 Å².